The lowest BCUT2D eigenvalue weighted by Gasteiger charge is -2.29. The molecule has 0 radical (unpaired) electrons. The van der Waals surface area contributed by atoms with Gasteiger partial charge in [-0.05, 0) is 56.0 Å². The van der Waals surface area contributed by atoms with Crippen molar-refractivity contribution in [2.24, 2.45) is 7.05 Å². The van der Waals surface area contributed by atoms with Gasteiger partial charge < -0.3 is 14.4 Å². The summed E-state index contributed by atoms with van der Waals surface area (Å²) in [5.41, 5.74) is 6.55. The molecule has 1 amide bonds. The minimum atomic E-state index is -0.519. The molecule has 0 saturated carbocycles. The van der Waals surface area contributed by atoms with E-state index < -0.39 is 5.60 Å². The van der Waals surface area contributed by atoms with Crippen LogP contribution in [0.4, 0.5) is 4.79 Å². The van der Waals surface area contributed by atoms with Crippen LogP contribution >= 0.6 is 0 Å². The maximum atomic E-state index is 12.6. The molecule has 0 unspecified atom stereocenters. The van der Waals surface area contributed by atoms with Gasteiger partial charge in [-0.3, -0.25) is 4.68 Å². The number of benzene rings is 3. The third kappa shape index (κ3) is 6.02. The summed E-state index contributed by atoms with van der Waals surface area (Å²) < 4.78 is 14.2. The van der Waals surface area contributed by atoms with Gasteiger partial charge in [0.05, 0.1) is 11.1 Å². The first-order chi connectivity index (χ1) is 20.8. The Balaban J connectivity index is 1.35. The van der Waals surface area contributed by atoms with Gasteiger partial charge in [0.1, 0.15) is 11.3 Å². The number of amides is 1. The average molecular weight is 573 g/mol. The molecule has 3 heterocycles. The maximum absolute atomic E-state index is 12.6. The van der Waals surface area contributed by atoms with E-state index in [-0.39, 0.29) is 12.2 Å². The van der Waals surface area contributed by atoms with Gasteiger partial charge in [0, 0.05) is 37.3 Å². The zero-order chi connectivity index (χ0) is 30.0. The molecule has 218 valence electrons. The van der Waals surface area contributed by atoms with Crippen LogP contribution in [0.2, 0.25) is 0 Å². The van der Waals surface area contributed by atoms with Crippen LogP contribution in [-0.2, 0) is 11.8 Å². The van der Waals surface area contributed by atoms with Gasteiger partial charge in [-0.1, -0.05) is 84.9 Å². The van der Waals surface area contributed by atoms with Crippen molar-refractivity contribution >= 4 is 22.6 Å². The van der Waals surface area contributed by atoms with Crippen molar-refractivity contribution in [2.45, 2.75) is 38.9 Å². The van der Waals surface area contributed by atoms with Crippen molar-refractivity contribution in [1.82, 2.24) is 19.7 Å². The second kappa shape index (κ2) is 11.8. The molecule has 0 bridgehead atoms. The summed E-state index contributed by atoms with van der Waals surface area (Å²) in [7, 11) is 1.97. The molecule has 7 nitrogen and oxygen atoms in total. The summed E-state index contributed by atoms with van der Waals surface area (Å²) in [5, 5.41) is 6.02. The number of para-hydroxylation sites is 1. The number of aromatic nitrogens is 3. The smallest absolute Gasteiger partial charge is 0.410 e. The summed E-state index contributed by atoms with van der Waals surface area (Å²) in [4.78, 5) is 19.1. The molecule has 0 N–H and O–H groups in total. The number of pyridine rings is 1. The Kier molecular flexibility index (Phi) is 7.72. The molecule has 0 spiro atoms. The standard InChI is InChI=1S/C36H36N4O3/c1-36(2,3)43-35(41)40-23-20-25(21-24-40)28-17-11-18-29-31(38-39(4)32(28)29)30-19-12-22-37-34(30)42-33(26-13-7-5-8-14-26)27-15-9-6-10-16-27/h5-20,22,33H,21,23-24H2,1-4H3. The van der Waals surface area contributed by atoms with E-state index in [0.29, 0.717) is 19.0 Å². The fourth-order valence-electron chi connectivity index (χ4n) is 5.56. The topological polar surface area (TPSA) is 69.5 Å². The molecule has 1 aliphatic rings. The molecule has 43 heavy (non-hydrogen) atoms. The summed E-state index contributed by atoms with van der Waals surface area (Å²) in [6.45, 7) is 6.77. The molecular weight excluding hydrogens is 536 g/mol. The summed E-state index contributed by atoms with van der Waals surface area (Å²) in [6, 6.07) is 30.6. The Hall–Kier alpha value is -4.91. The van der Waals surface area contributed by atoms with Crippen molar-refractivity contribution < 1.29 is 14.3 Å². The molecule has 2 aromatic heterocycles. The normalized spacial score (nSPS) is 13.7. The molecule has 1 aliphatic heterocycles. The van der Waals surface area contributed by atoms with Gasteiger partial charge >= 0.3 is 6.09 Å². The van der Waals surface area contributed by atoms with Gasteiger partial charge in [0.2, 0.25) is 5.88 Å². The third-order valence-electron chi connectivity index (χ3n) is 7.53. The van der Waals surface area contributed by atoms with Crippen LogP contribution in [0.5, 0.6) is 5.88 Å². The maximum Gasteiger partial charge on any atom is 0.410 e. The van der Waals surface area contributed by atoms with Crippen molar-refractivity contribution in [3.05, 3.63) is 120 Å². The molecule has 3 aromatic carbocycles. The van der Waals surface area contributed by atoms with E-state index in [9.17, 15) is 4.79 Å². The van der Waals surface area contributed by atoms with E-state index in [0.717, 1.165) is 45.3 Å². The Morgan fingerprint density at radius 1 is 0.860 bits per heavy atom. The van der Waals surface area contributed by atoms with E-state index >= 15 is 0 Å². The van der Waals surface area contributed by atoms with Crippen LogP contribution in [0.1, 0.15) is 50.0 Å². The number of carbonyl (C=O) groups excluding carboxylic acids is 1. The van der Waals surface area contributed by atoms with Crippen molar-refractivity contribution in [3.8, 4) is 17.1 Å². The molecule has 0 aliphatic carbocycles. The number of fused-ring (bicyclic) bond motifs is 1. The summed E-state index contributed by atoms with van der Waals surface area (Å²) in [6.07, 6.45) is 4.00. The zero-order valence-corrected chi connectivity index (χ0v) is 25.0. The number of hydrogen-bond acceptors (Lipinski definition) is 5. The van der Waals surface area contributed by atoms with Crippen LogP contribution in [-0.4, -0.2) is 44.4 Å². The van der Waals surface area contributed by atoms with Crippen LogP contribution in [0.15, 0.2) is 103 Å². The third-order valence-corrected chi connectivity index (χ3v) is 7.53. The quantitative estimate of drug-likeness (QED) is 0.207. The molecule has 0 fully saturated rings. The number of ether oxygens (including phenoxy) is 2. The fourth-order valence-corrected chi connectivity index (χ4v) is 5.56. The Morgan fingerprint density at radius 2 is 1.53 bits per heavy atom. The van der Waals surface area contributed by atoms with Crippen molar-refractivity contribution in [3.63, 3.8) is 0 Å². The lowest BCUT2D eigenvalue weighted by Crippen LogP contribution is -2.39. The lowest BCUT2D eigenvalue weighted by molar-refractivity contribution is 0.0270. The first-order valence-corrected chi connectivity index (χ1v) is 14.6. The minimum Gasteiger partial charge on any atom is -0.464 e. The van der Waals surface area contributed by atoms with Crippen LogP contribution in [0.25, 0.3) is 27.7 Å². The highest BCUT2D eigenvalue weighted by Gasteiger charge is 2.26. The minimum absolute atomic E-state index is 0.280. The number of aryl methyl sites for hydroxylation is 1. The lowest BCUT2D eigenvalue weighted by atomic mass is 9.96. The van der Waals surface area contributed by atoms with Crippen molar-refractivity contribution in [2.75, 3.05) is 13.1 Å². The van der Waals surface area contributed by atoms with Gasteiger partial charge in [-0.2, -0.15) is 5.10 Å². The molecular formula is C36H36N4O3. The summed E-state index contributed by atoms with van der Waals surface area (Å²) in [5.74, 6) is 0.524. The first kappa shape index (κ1) is 28.2. The number of rotatable bonds is 6. The van der Waals surface area contributed by atoms with Crippen LogP contribution in [0.3, 0.4) is 0 Å². The second-order valence-corrected chi connectivity index (χ2v) is 11.8. The van der Waals surface area contributed by atoms with Gasteiger partial charge in [-0.15, -0.1) is 0 Å². The molecule has 6 rings (SSSR count). The predicted molar refractivity (Wildman–Crippen MR) is 170 cm³/mol. The van der Waals surface area contributed by atoms with Crippen LogP contribution in [0, 0.1) is 0 Å². The number of nitrogens with zero attached hydrogens (tertiary/aromatic N) is 4. The fraction of sp³-hybridized carbons (Fsp3) is 0.250. The van der Waals surface area contributed by atoms with Gasteiger partial charge in [-0.25, -0.2) is 9.78 Å². The Labute approximate surface area is 252 Å². The van der Waals surface area contributed by atoms with Crippen LogP contribution < -0.4 is 4.74 Å². The zero-order valence-electron chi connectivity index (χ0n) is 25.0. The average Bonchev–Trinajstić information content (AvgIpc) is 3.36. The number of carbonyl (C=O) groups is 1. The van der Waals surface area contributed by atoms with E-state index in [1.807, 2.05) is 81.0 Å². The Bertz CT molecular complexity index is 1730. The highest BCUT2D eigenvalue weighted by Crippen LogP contribution is 2.39. The van der Waals surface area contributed by atoms with Gasteiger partial charge in [0.25, 0.3) is 0 Å². The molecule has 0 atom stereocenters. The van der Waals surface area contributed by atoms with Gasteiger partial charge in [0.15, 0.2) is 6.10 Å². The highest BCUT2D eigenvalue weighted by atomic mass is 16.6. The highest BCUT2D eigenvalue weighted by molar-refractivity contribution is 6.00. The molecule has 7 heteroatoms. The summed E-state index contributed by atoms with van der Waals surface area (Å²) >= 11 is 0. The first-order valence-electron chi connectivity index (χ1n) is 14.6. The Morgan fingerprint density at radius 3 is 2.16 bits per heavy atom. The number of hydrogen-bond donors (Lipinski definition) is 0. The predicted octanol–water partition coefficient (Wildman–Crippen LogP) is 7.83. The van der Waals surface area contributed by atoms with Crippen molar-refractivity contribution in [1.29, 1.82) is 0 Å². The van der Waals surface area contributed by atoms with E-state index in [2.05, 4.69) is 48.5 Å². The van der Waals surface area contributed by atoms with E-state index in [1.165, 1.54) is 5.57 Å². The van der Waals surface area contributed by atoms with E-state index in [4.69, 9.17) is 19.6 Å². The van der Waals surface area contributed by atoms with E-state index in [1.54, 1.807) is 11.1 Å². The second-order valence-electron chi connectivity index (χ2n) is 11.8. The SMILES string of the molecule is Cn1nc(-c2cccnc2OC(c2ccccc2)c2ccccc2)c2cccc(C3=CCN(C(=O)OC(C)(C)C)CC3)c21. The molecule has 0 saturated heterocycles. The molecule has 5 aromatic rings. The largest absolute Gasteiger partial charge is 0.464 e. The monoisotopic (exact) mass is 572 g/mol.